The Balaban J connectivity index is 1.81. The number of halogens is 1. The number of aryl methyl sites for hydroxylation is 1. The zero-order valence-electron chi connectivity index (χ0n) is 10.7. The van der Waals surface area contributed by atoms with Crippen molar-refractivity contribution < 1.29 is 9.21 Å². The molecule has 2 aromatic heterocycles. The standard InChI is InChI=1S/C13H15BrN2O2S/c1-8-3-4-12(18-8)9(2)16-13(17)15-6-11-5-10(14)7-19-11/h3-5,7,9H,6H2,1-2H3,(H2,15,16,17)/t9-/m1/s1. The Morgan fingerprint density at radius 1 is 1.53 bits per heavy atom. The Bertz CT molecular complexity index is 564. The maximum absolute atomic E-state index is 11.7. The van der Waals surface area contributed by atoms with Gasteiger partial charge < -0.3 is 15.1 Å². The lowest BCUT2D eigenvalue weighted by atomic mass is 10.2. The van der Waals surface area contributed by atoms with Crippen LogP contribution in [-0.2, 0) is 6.54 Å². The summed E-state index contributed by atoms with van der Waals surface area (Å²) in [7, 11) is 0. The first-order valence-corrected chi connectivity index (χ1v) is 7.55. The monoisotopic (exact) mass is 342 g/mol. The normalized spacial score (nSPS) is 12.2. The van der Waals surface area contributed by atoms with Gasteiger partial charge in [-0.15, -0.1) is 11.3 Å². The maximum atomic E-state index is 11.7. The highest BCUT2D eigenvalue weighted by Crippen LogP contribution is 2.19. The van der Waals surface area contributed by atoms with Crippen LogP contribution in [0.25, 0.3) is 0 Å². The molecule has 0 aliphatic heterocycles. The fourth-order valence-corrected chi connectivity index (χ4v) is 3.01. The van der Waals surface area contributed by atoms with Gasteiger partial charge in [-0.25, -0.2) is 4.79 Å². The molecule has 0 unspecified atom stereocenters. The summed E-state index contributed by atoms with van der Waals surface area (Å²) in [5, 5.41) is 7.64. The van der Waals surface area contributed by atoms with E-state index in [9.17, 15) is 4.79 Å². The minimum Gasteiger partial charge on any atom is -0.464 e. The summed E-state index contributed by atoms with van der Waals surface area (Å²) < 4.78 is 6.50. The number of thiophene rings is 1. The third-order valence-corrected chi connectivity index (χ3v) is 4.28. The molecule has 0 aliphatic rings. The Hall–Kier alpha value is -1.27. The summed E-state index contributed by atoms with van der Waals surface area (Å²) in [6, 6.07) is 5.39. The number of rotatable bonds is 4. The Morgan fingerprint density at radius 3 is 2.89 bits per heavy atom. The largest absolute Gasteiger partial charge is 0.464 e. The van der Waals surface area contributed by atoms with Crippen LogP contribution in [0, 0.1) is 6.92 Å². The summed E-state index contributed by atoms with van der Waals surface area (Å²) in [5.41, 5.74) is 0. The van der Waals surface area contributed by atoms with Crippen LogP contribution in [0.4, 0.5) is 4.79 Å². The number of carbonyl (C=O) groups is 1. The molecule has 0 bridgehead atoms. The average molecular weight is 343 g/mol. The predicted molar refractivity (Wildman–Crippen MR) is 79.3 cm³/mol. The second kappa shape index (κ2) is 6.25. The molecule has 2 amide bonds. The first-order valence-electron chi connectivity index (χ1n) is 5.88. The summed E-state index contributed by atoms with van der Waals surface area (Å²) in [6.07, 6.45) is 0. The highest BCUT2D eigenvalue weighted by molar-refractivity contribution is 9.10. The van der Waals surface area contributed by atoms with Crippen molar-refractivity contribution >= 4 is 33.3 Å². The minimum atomic E-state index is -0.203. The Kier molecular flexibility index (Phi) is 4.66. The molecular weight excluding hydrogens is 328 g/mol. The zero-order chi connectivity index (χ0) is 13.8. The quantitative estimate of drug-likeness (QED) is 0.883. The van der Waals surface area contributed by atoms with Crippen LogP contribution in [0.15, 0.2) is 32.5 Å². The van der Waals surface area contributed by atoms with Gasteiger partial charge in [0, 0.05) is 14.7 Å². The molecule has 0 aromatic carbocycles. The van der Waals surface area contributed by atoms with Crippen LogP contribution >= 0.6 is 27.3 Å². The van der Waals surface area contributed by atoms with Gasteiger partial charge >= 0.3 is 6.03 Å². The molecular formula is C13H15BrN2O2S. The highest BCUT2D eigenvalue weighted by atomic mass is 79.9. The third kappa shape index (κ3) is 4.11. The van der Waals surface area contributed by atoms with E-state index >= 15 is 0 Å². The van der Waals surface area contributed by atoms with Gasteiger partial charge in [0.25, 0.3) is 0 Å². The fraction of sp³-hybridized carbons (Fsp3) is 0.308. The van der Waals surface area contributed by atoms with Gasteiger partial charge in [-0.05, 0) is 48.0 Å². The van der Waals surface area contributed by atoms with Gasteiger partial charge in [0.05, 0.1) is 12.6 Å². The SMILES string of the molecule is Cc1ccc([C@@H](C)NC(=O)NCc2cc(Br)cs2)o1. The van der Waals surface area contributed by atoms with Crippen molar-refractivity contribution in [2.75, 3.05) is 0 Å². The van der Waals surface area contributed by atoms with E-state index in [1.54, 1.807) is 11.3 Å². The molecule has 1 atom stereocenters. The molecule has 0 saturated carbocycles. The summed E-state index contributed by atoms with van der Waals surface area (Å²) in [6.45, 7) is 4.29. The van der Waals surface area contributed by atoms with E-state index in [1.165, 1.54) is 0 Å². The van der Waals surface area contributed by atoms with Crippen LogP contribution in [0.1, 0.15) is 29.4 Å². The number of furan rings is 1. The molecule has 2 rings (SSSR count). The first kappa shape index (κ1) is 14.1. The lowest BCUT2D eigenvalue weighted by Gasteiger charge is -2.12. The number of amides is 2. The first-order chi connectivity index (χ1) is 9.04. The number of hydrogen-bond acceptors (Lipinski definition) is 3. The van der Waals surface area contributed by atoms with Crippen LogP contribution in [0.3, 0.4) is 0 Å². The molecule has 2 N–H and O–H groups in total. The summed E-state index contributed by atoms with van der Waals surface area (Å²) >= 11 is 4.98. The van der Waals surface area contributed by atoms with Gasteiger partial charge in [0.2, 0.25) is 0 Å². The van der Waals surface area contributed by atoms with Crippen LogP contribution in [-0.4, -0.2) is 6.03 Å². The van der Waals surface area contributed by atoms with Gasteiger partial charge in [-0.3, -0.25) is 0 Å². The van der Waals surface area contributed by atoms with E-state index in [0.717, 1.165) is 20.9 Å². The molecule has 4 nitrogen and oxygen atoms in total. The molecule has 0 aliphatic carbocycles. The molecule has 0 spiro atoms. The predicted octanol–water partition coefficient (Wildman–Crippen LogP) is 3.97. The Labute approximate surface area is 124 Å². The lowest BCUT2D eigenvalue weighted by molar-refractivity contribution is 0.235. The molecule has 6 heteroatoms. The van der Waals surface area contributed by atoms with Gasteiger partial charge in [-0.2, -0.15) is 0 Å². The average Bonchev–Trinajstić information content (AvgIpc) is 2.95. The molecule has 102 valence electrons. The number of nitrogens with one attached hydrogen (secondary N) is 2. The van der Waals surface area contributed by atoms with Crippen LogP contribution in [0.2, 0.25) is 0 Å². The van der Waals surface area contributed by atoms with Crippen molar-refractivity contribution in [3.8, 4) is 0 Å². The van der Waals surface area contributed by atoms with Crippen molar-refractivity contribution in [1.82, 2.24) is 10.6 Å². The van der Waals surface area contributed by atoms with Gasteiger partial charge in [0.1, 0.15) is 11.5 Å². The second-order valence-corrected chi connectivity index (χ2v) is 6.14. The number of urea groups is 1. The molecule has 19 heavy (non-hydrogen) atoms. The van der Waals surface area contributed by atoms with E-state index in [0.29, 0.717) is 6.54 Å². The van der Waals surface area contributed by atoms with Gasteiger partial charge in [0.15, 0.2) is 0 Å². The minimum absolute atomic E-state index is 0.149. The van der Waals surface area contributed by atoms with Gasteiger partial charge in [-0.1, -0.05) is 0 Å². The van der Waals surface area contributed by atoms with Crippen molar-refractivity contribution in [2.24, 2.45) is 0 Å². The highest BCUT2D eigenvalue weighted by Gasteiger charge is 2.12. The number of hydrogen-bond donors (Lipinski definition) is 2. The molecule has 2 heterocycles. The summed E-state index contributed by atoms with van der Waals surface area (Å²) in [4.78, 5) is 12.8. The topological polar surface area (TPSA) is 54.3 Å². The van der Waals surface area contributed by atoms with Crippen molar-refractivity contribution in [3.63, 3.8) is 0 Å². The van der Waals surface area contributed by atoms with Crippen LogP contribution in [0.5, 0.6) is 0 Å². The fourth-order valence-electron chi connectivity index (χ4n) is 1.62. The molecule has 0 radical (unpaired) electrons. The van der Waals surface area contributed by atoms with E-state index in [2.05, 4.69) is 26.6 Å². The van der Waals surface area contributed by atoms with Crippen molar-refractivity contribution in [2.45, 2.75) is 26.4 Å². The molecule has 2 aromatic rings. The smallest absolute Gasteiger partial charge is 0.315 e. The summed E-state index contributed by atoms with van der Waals surface area (Å²) in [5.74, 6) is 1.60. The molecule has 0 saturated heterocycles. The zero-order valence-corrected chi connectivity index (χ0v) is 13.1. The second-order valence-electron chi connectivity index (χ2n) is 4.23. The number of carbonyl (C=O) groups excluding carboxylic acids is 1. The Morgan fingerprint density at radius 2 is 2.32 bits per heavy atom. The van der Waals surface area contributed by atoms with Crippen LogP contribution < -0.4 is 10.6 Å². The van der Waals surface area contributed by atoms with Crippen molar-refractivity contribution in [3.05, 3.63) is 44.4 Å². The lowest BCUT2D eigenvalue weighted by Crippen LogP contribution is -2.36. The van der Waals surface area contributed by atoms with Crippen molar-refractivity contribution in [1.29, 1.82) is 0 Å². The van der Waals surface area contributed by atoms with E-state index < -0.39 is 0 Å². The van der Waals surface area contributed by atoms with E-state index in [4.69, 9.17) is 4.42 Å². The third-order valence-electron chi connectivity index (χ3n) is 2.58. The molecule has 0 fully saturated rings. The van der Waals surface area contributed by atoms with E-state index in [1.807, 2.05) is 37.4 Å². The van der Waals surface area contributed by atoms with E-state index in [-0.39, 0.29) is 12.1 Å². The maximum Gasteiger partial charge on any atom is 0.315 e.